The van der Waals surface area contributed by atoms with Gasteiger partial charge in [-0.05, 0) is 31.6 Å². The molecule has 1 rings (SSSR count). The molecule has 1 fully saturated rings. The predicted octanol–water partition coefficient (Wildman–Crippen LogP) is 9.35. The van der Waals surface area contributed by atoms with Gasteiger partial charge in [0.1, 0.15) is 12.4 Å². The lowest BCUT2D eigenvalue weighted by molar-refractivity contribution is -0.161. The number of rotatable bonds is 33. The van der Waals surface area contributed by atoms with E-state index in [4.69, 9.17) is 9.47 Å². The lowest BCUT2D eigenvalue weighted by Crippen LogP contribution is -2.28. The van der Waals surface area contributed by atoms with E-state index in [9.17, 15) is 29.7 Å². The Bertz CT molecular complexity index is 887. The molecule has 50 heavy (non-hydrogen) atoms. The molecule has 3 N–H and O–H groups in total. The molecule has 5 atom stereocenters. The van der Waals surface area contributed by atoms with Crippen molar-refractivity contribution in [1.82, 2.24) is 0 Å². The molecule has 8 nitrogen and oxygen atoms in total. The molecule has 292 valence electrons. The summed E-state index contributed by atoms with van der Waals surface area (Å²) in [6, 6.07) is 0. The van der Waals surface area contributed by atoms with Crippen molar-refractivity contribution in [2.45, 2.75) is 206 Å². The molecule has 0 unspecified atom stereocenters. The van der Waals surface area contributed by atoms with E-state index in [0.717, 1.165) is 63.7 Å². The van der Waals surface area contributed by atoms with Crippen LogP contribution in [0, 0.1) is 17.8 Å². The van der Waals surface area contributed by atoms with Crippen molar-refractivity contribution in [2.75, 3.05) is 13.2 Å². The standard InChI is InChI=1S/C42H76O8/c1-4-5-19-25-35(44)29-30-38-37(39(45)31-40(38)46)26-21-17-18-23-28-42(48)50-36(32-43)33-49-41(47)27-22-16-14-12-10-8-6-7-9-11-13-15-20-24-34(2)3/h29-30,34-38,40,43-44,46H,4-28,31-33H2,1-3H3/b30-29+/t35-,36-,37+,38+,40+/m0/s1. The molecule has 1 aliphatic carbocycles. The van der Waals surface area contributed by atoms with Crippen LogP contribution in [0.15, 0.2) is 12.2 Å². The summed E-state index contributed by atoms with van der Waals surface area (Å²) in [5.41, 5.74) is 0. The van der Waals surface area contributed by atoms with Crippen LogP contribution in [0.25, 0.3) is 0 Å². The molecular weight excluding hydrogens is 632 g/mol. The second-order valence-corrected chi connectivity index (χ2v) is 15.3. The molecule has 0 aromatic carbocycles. The Balaban J connectivity index is 2.06. The predicted molar refractivity (Wildman–Crippen MR) is 202 cm³/mol. The summed E-state index contributed by atoms with van der Waals surface area (Å²) in [6.07, 6.45) is 27.4. The Kier molecular flexibility index (Phi) is 28.5. The van der Waals surface area contributed by atoms with Gasteiger partial charge in [0, 0.05) is 31.1 Å². The van der Waals surface area contributed by atoms with Crippen molar-refractivity contribution < 1.29 is 39.2 Å². The molecule has 0 heterocycles. The first-order chi connectivity index (χ1) is 24.2. The van der Waals surface area contributed by atoms with Crippen molar-refractivity contribution in [3.63, 3.8) is 0 Å². The van der Waals surface area contributed by atoms with E-state index >= 15 is 0 Å². The second kappa shape index (κ2) is 30.8. The van der Waals surface area contributed by atoms with E-state index < -0.39 is 30.9 Å². The molecule has 0 aromatic rings. The van der Waals surface area contributed by atoms with Crippen molar-refractivity contribution in [1.29, 1.82) is 0 Å². The fraction of sp³-hybridized carbons (Fsp3) is 0.881. The van der Waals surface area contributed by atoms with Gasteiger partial charge in [-0.25, -0.2) is 0 Å². The van der Waals surface area contributed by atoms with Gasteiger partial charge in [0.15, 0.2) is 6.10 Å². The Morgan fingerprint density at radius 1 is 0.760 bits per heavy atom. The van der Waals surface area contributed by atoms with E-state index in [-0.39, 0.29) is 43.0 Å². The van der Waals surface area contributed by atoms with Crippen molar-refractivity contribution >= 4 is 17.7 Å². The molecule has 0 saturated heterocycles. The highest BCUT2D eigenvalue weighted by Crippen LogP contribution is 2.34. The van der Waals surface area contributed by atoms with Crippen molar-refractivity contribution in [2.24, 2.45) is 17.8 Å². The fourth-order valence-electron chi connectivity index (χ4n) is 6.93. The van der Waals surface area contributed by atoms with Gasteiger partial charge in [-0.1, -0.05) is 155 Å². The number of hydrogen-bond donors (Lipinski definition) is 3. The highest BCUT2D eigenvalue weighted by atomic mass is 16.6. The number of aliphatic hydroxyl groups excluding tert-OH is 3. The van der Waals surface area contributed by atoms with E-state index in [2.05, 4.69) is 20.8 Å². The van der Waals surface area contributed by atoms with Gasteiger partial charge in [0.25, 0.3) is 0 Å². The largest absolute Gasteiger partial charge is 0.462 e. The van der Waals surface area contributed by atoms with Crippen LogP contribution < -0.4 is 0 Å². The molecule has 0 aromatic heterocycles. The zero-order chi connectivity index (χ0) is 36.8. The van der Waals surface area contributed by atoms with Crippen LogP contribution >= 0.6 is 0 Å². The van der Waals surface area contributed by atoms with Gasteiger partial charge in [0.2, 0.25) is 0 Å². The highest BCUT2D eigenvalue weighted by molar-refractivity contribution is 5.84. The molecular formula is C42H76O8. The summed E-state index contributed by atoms with van der Waals surface area (Å²) in [5.74, 6) is -0.316. The quantitative estimate of drug-likeness (QED) is 0.0349. The first-order valence-electron chi connectivity index (χ1n) is 20.7. The lowest BCUT2D eigenvalue weighted by Gasteiger charge is -2.18. The molecule has 0 amide bonds. The molecule has 0 aliphatic heterocycles. The number of ether oxygens (including phenoxy) is 2. The summed E-state index contributed by atoms with van der Waals surface area (Å²) in [4.78, 5) is 36.9. The SMILES string of the molecule is CCCCC[C@H](O)/C=C/[C@H]1[C@H](O)CC(=O)[C@@H]1CCCCCCC(=O)O[C@@H](CO)COC(=O)CCCCCCCCCCCCCCCC(C)C. The minimum absolute atomic E-state index is 0.0802. The van der Waals surface area contributed by atoms with Crippen LogP contribution in [0.2, 0.25) is 0 Å². The van der Waals surface area contributed by atoms with E-state index in [1.165, 1.54) is 70.6 Å². The van der Waals surface area contributed by atoms with E-state index in [1.54, 1.807) is 6.08 Å². The number of unbranched alkanes of at least 4 members (excludes halogenated alkanes) is 17. The zero-order valence-electron chi connectivity index (χ0n) is 32.3. The van der Waals surface area contributed by atoms with Crippen molar-refractivity contribution in [3.05, 3.63) is 12.2 Å². The van der Waals surface area contributed by atoms with Gasteiger partial charge in [-0.2, -0.15) is 0 Å². The number of hydrogen-bond acceptors (Lipinski definition) is 8. The molecule has 0 radical (unpaired) electrons. The van der Waals surface area contributed by atoms with Crippen LogP contribution in [0.4, 0.5) is 0 Å². The smallest absolute Gasteiger partial charge is 0.306 e. The van der Waals surface area contributed by atoms with Crippen molar-refractivity contribution in [3.8, 4) is 0 Å². The van der Waals surface area contributed by atoms with Crippen LogP contribution in [-0.4, -0.2) is 64.6 Å². The van der Waals surface area contributed by atoms with Gasteiger partial charge in [-0.15, -0.1) is 0 Å². The summed E-state index contributed by atoms with van der Waals surface area (Å²) in [6.45, 7) is 6.19. The van der Waals surface area contributed by atoms with Crippen LogP contribution in [0.1, 0.15) is 188 Å². The normalized spacial score (nSPS) is 19.0. The highest BCUT2D eigenvalue weighted by Gasteiger charge is 2.39. The summed E-state index contributed by atoms with van der Waals surface area (Å²) in [5, 5.41) is 30.2. The molecule has 0 spiro atoms. The molecule has 0 bridgehead atoms. The minimum Gasteiger partial charge on any atom is -0.462 e. The van der Waals surface area contributed by atoms with Gasteiger partial charge in [0.05, 0.1) is 18.8 Å². The third kappa shape index (κ3) is 24.4. The maximum absolute atomic E-state index is 12.5. The number of carbonyl (C=O) groups is 3. The van der Waals surface area contributed by atoms with E-state index in [0.29, 0.717) is 25.7 Å². The minimum atomic E-state index is -0.855. The van der Waals surface area contributed by atoms with Gasteiger partial charge in [-0.3, -0.25) is 14.4 Å². The number of carbonyl (C=O) groups excluding carboxylic acids is 3. The Hall–Kier alpha value is -1.77. The Morgan fingerprint density at radius 3 is 1.84 bits per heavy atom. The van der Waals surface area contributed by atoms with E-state index in [1.807, 2.05) is 6.08 Å². The van der Waals surface area contributed by atoms with Crippen LogP contribution in [-0.2, 0) is 23.9 Å². The third-order valence-electron chi connectivity index (χ3n) is 10.1. The lowest BCUT2D eigenvalue weighted by atomic mass is 9.88. The average molecular weight is 709 g/mol. The Labute approximate surface area is 305 Å². The number of ketones is 1. The zero-order valence-corrected chi connectivity index (χ0v) is 32.3. The first-order valence-corrected chi connectivity index (χ1v) is 20.7. The summed E-state index contributed by atoms with van der Waals surface area (Å²) in [7, 11) is 0. The molecule has 1 saturated carbocycles. The number of aliphatic hydroxyl groups is 3. The van der Waals surface area contributed by atoms with Gasteiger partial charge >= 0.3 is 11.9 Å². The maximum atomic E-state index is 12.5. The topological polar surface area (TPSA) is 130 Å². The third-order valence-corrected chi connectivity index (χ3v) is 10.1. The summed E-state index contributed by atoms with van der Waals surface area (Å²) < 4.78 is 10.6. The second-order valence-electron chi connectivity index (χ2n) is 15.3. The molecule has 8 heteroatoms. The number of esters is 2. The van der Waals surface area contributed by atoms with Gasteiger partial charge < -0.3 is 24.8 Å². The van der Waals surface area contributed by atoms with Crippen LogP contribution in [0.5, 0.6) is 0 Å². The Morgan fingerprint density at radius 2 is 1.28 bits per heavy atom. The average Bonchev–Trinajstić information content (AvgIpc) is 3.35. The number of Topliss-reactive ketones (excluding diaryl/α,β-unsaturated/α-hetero) is 1. The molecule has 1 aliphatic rings. The van der Waals surface area contributed by atoms with Crippen LogP contribution in [0.3, 0.4) is 0 Å². The summed E-state index contributed by atoms with van der Waals surface area (Å²) >= 11 is 0. The fourth-order valence-corrected chi connectivity index (χ4v) is 6.93. The monoisotopic (exact) mass is 709 g/mol. The first kappa shape index (κ1) is 46.3. The maximum Gasteiger partial charge on any atom is 0.306 e.